The fraction of sp³-hybridized carbons (Fsp3) is 0.455. The van der Waals surface area contributed by atoms with Gasteiger partial charge >= 0.3 is 0 Å². The minimum Gasteiger partial charge on any atom is -0.399 e. The fourth-order valence-electron chi connectivity index (χ4n) is 1.12. The molecule has 1 rings (SSSR count). The summed E-state index contributed by atoms with van der Waals surface area (Å²) in [5.41, 5.74) is 7.48. The van der Waals surface area contributed by atoms with Crippen LogP contribution in [0.25, 0.3) is 0 Å². The van der Waals surface area contributed by atoms with Crippen LogP contribution in [0.15, 0.2) is 22.7 Å². The number of halogens is 1. The molecular formula is C11H16BrNO2. The minimum absolute atomic E-state index is 0.577. The first-order chi connectivity index (χ1) is 7.24. The highest BCUT2D eigenvalue weighted by Crippen LogP contribution is 2.20. The Kier molecular flexibility index (Phi) is 5.68. The molecule has 0 radical (unpaired) electrons. The van der Waals surface area contributed by atoms with Gasteiger partial charge in [-0.15, -0.1) is 0 Å². The molecule has 0 fully saturated rings. The van der Waals surface area contributed by atoms with Gasteiger partial charge in [-0.3, -0.25) is 0 Å². The first-order valence-electron chi connectivity index (χ1n) is 4.93. The largest absolute Gasteiger partial charge is 0.399 e. The predicted octanol–water partition coefficient (Wildman–Crippen LogP) is 2.58. The molecule has 0 heterocycles. The van der Waals surface area contributed by atoms with E-state index >= 15 is 0 Å². The van der Waals surface area contributed by atoms with E-state index < -0.39 is 0 Å². The summed E-state index contributed by atoms with van der Waals surface area (Å²) in [6.07, 6.45) is 0. The van der Waals surface area contributed by atoms with E-state index in [1.165, 1.54) is 0 Å². The van der Waals surface area contributed by atoms with Crippen molar-refractivity contribution in [3.8, 4) is 0 Å². The van der Waals surface area contributed by atoms with Gasteiger partial charge in [0.15, 0.2) is 0 Å². The second-order valence-corrected chi connectivity index (χ2v) is 3.95. The number of nitrogen functional groups attached to an aromatic ring is 1. The lowest BCUT2D eigenvalue weighted by atomic mass is 10.2. The number of benzene rings is 1. The average molecular weight is 274 g/mol. The van der Waals surface area contributed by atoms with Crippen LogP contribution in [-0.2, 0) is 16.1 Å². The molecule has 1 aromatic rings. The molecular weight excluding hydrogens is 258 g/mol. The van der Waals surface area contributed by atoms with Crippen molar-refractivity contribution in [2.75, 3.05) is 25.6 Å². The van der Waals surface area contributed by atoms with Gasteiger partial charge in [-0.25, -0.2) is 0 Å². The Hall–Kier alpha value is -0.580. The molecule has 0 saturated heterocycles. The number of ether oxygens (including phenoxy) is 2. The first kappa shape index (κ1) is 12.5. The van der Waals surface area contributed by atoms with Gasteiger partial charge < -0.3 is 15.2 Å². The predicted molar refractivity (Wildman–Crippen MR) is 64.7 cm³/mol. The third-order valence-electron chi connectivity index (χ3n) is 1.91. The molecule has 0 aromatic heterocycles. The molecule has 2 N–H and O–H groups in total. The van der Waals surface area contributed by atoms with Crippen LogP contribution in [0.1, 0.15) is 12.5 Å². The summed E-state index contributed by atoms with van der Waals surface area (Å²) in [7, 11) is 0. The van der Waals surface area contributed by atoms with E-state index in [1.807, 2.05) is 25.1 Å². The molecule has 0 bridgehead atoms. The number of nitrogens with two attached hydrogens (primary N) is 1. The number of hydrogen-bond acceptors (Lipinski definition) is 3. The van der Waals surface area contributed by atoms with Crippen molar-refractivity contribution in [3.63, 3.8) is 0 Å². The molecule has 3 nitrogen and oxygen atoms in total. The maximum Gasteiger partial charge on any atom is 0.0729 e. The summed E-state index contributed by atoms with van der Waals surface area (Å²) in [6.45, 7) is 4.53. The fourth-order valence-corrected chi connectivity index (χ4v) is 1.64. The SMILES string of the molecule is CCOCCOCc1ccc(N)cc1Br. The lowest BCUT2D eigenvalue weighted by Crippen LogP contribution is -2.04. The molecule has 0 aliphatic carbocycles. The zero-order valence-electron chi connectivity index (χ0n) is 8.83. The van der Waals surface area contributed by atoms with Crippen LogP contribution in [0.2, 0.25) is 0 Å². The van der Waals surface area contributed by atoms with Crippen LogP contribution in [0.4, 0.5) is 5.69 Å². The smallest absolute Gasteiger partial charge is 0.0729 e. The maximum atomic E-state index is 5.63. The van der Waals surface area contributed by atoms with Crippen LogP contribution in [0, 0.1) is 0 Å². The van der Waals surface area contributed by atoms with Gasteiger partial charge in [0.05, 0.1) is 19.8 Å². The summed E-state index contributed by atoms with van der Waals surface area (Å²) in [4.78, 5) is 0. The van der Waals surface area contributed by atoms with Crippen molar-refractivity contribution in [1.82, 2.24) is 0 Å². The Morgan fingerprint density at radius 1 is 1.27 bits per heavy atom. The maximum absolute atomic E-state index is 5.63. The third kappa shape index (κ3) is 4.64. The van der Waals surface area contributed by atoms with Crippen LogP contribution < -0.4 is 5.73 Å². The molecule has 84 valence electrons. The highest BCUT2D eigenvalue weighted by Gasteiger charge is 2.00. The highest BCUT2D eigenvalue weighted by atomic mass is 79.9. The molecule has 4 heteroatoms. The molecule has 0 aliphatic heterocycles. The van der Waals surface area contributed by atoms with Gasteiger partial charge in [0.25, 0.3) is 0 Å². The quantitative estimate of drug-likeness (QED) is 0.640. The van der Waals surface area contributed by atoms with Gasteiger partial charge in [-0.1, -0.05) is 22.0 Å². The molecule has 0 amide bonds. The Morgan fingerprint density at radius 2 is 2.00 bits per heavy atom. The normalized spacial score (nSPS) is 10.5. The van der Waals surface area contributed by atoms with E-state index in [9.17, 15) is 0 Å². The van der Waals surface area contributed by atoms with E-state index in [2.05, 4.69) is 15.9 Å². The summed E-state index contributed by atoms with van der Waals surface area (Å²) in [5, 5.41) is 0. The second-order valence-electron chi connectivity index (χ2n) is 3.10. The Bertz CT molecular complexity index is 305. The zero-order valence-corrected chi connectivity index (χ0v) is 10.4. The molecule has 15 heavy (non-hydrogen) atoms. The summed E-state index contributed by atoms with van der Waals surface area (Å²) >= 11 is 3.44. The molecule has 0 atom stereocenters. The molecule has 0 spiro atoms. The summed E-state index contributed by atoms with van der Waals surface area (Å²) in [5.74, 6) is 0. The van der Waals surface area contributed by atoms with E-state index in [0.717, 1.165) is 22.3 Å². The zero-order chi connectivity index (χ0) is 11.1. The molecule has 1 aromatic carbocycles. The number of anilines is 1. The minimum atomic E-state index is 0.577. The lowest BCUT2D eigenvalue weighted by molar-refractivity contribution is 0.0451. The van der Waals surface area contributed by atoms with Crippen molar-refractivity contribution >= 4 is 21.6 Å². The van der Waals surface area contributed by atoms with Gasteiger partial charge in [0, 0.05) is 16.8 Å². The molecule has 0 saturated carbocycles. The van der Waals surface area contributed by atoms with Crippen LogP contribution in [0.3, 0.4) is 0 Å². The van der Waals surface area contributed by atoms with Crippen molar-refractivity contribution in [3.05, 3.63) is 28.2 Å². The van der Waals surface area contributed by atoms with E-state index in [-0.39, 0.29) is 0 Å². The molecule has 0 aliphatic rings. The average Bonchev–Trinajstić information content (AvgIpc) is 2.20. The Balaban J connectivity index is 2.31. The third-order valence-corrected chi connectivity index (χ3v) is 2.65. The van der Waals surface area contributed by atoms with Gasteiger partial charge in [-0.2, -0.15) is 0 Å². The topological polar surface area (TPSA) is 44.5 Å². The monoisotopic (exact) mass is 273 g/mol. The van der Waals surface area contributed by atoms with Crippen LogP contribution in [0.5, 0.6) is 0 Å². The van der Waals surface area contributed by atoms with Crippen molar-refractivity contribution in [1.29, 1.82) is 0 Å². The van der Waals surface area contributed by atoms with Crippen LogP contribution >= 0.6 is 15.9 Å². The van der Waals surface area contributed by atoms with E-state index in [4.69, 9.17) is 15.2 Å². The van der Waals surface area contributed by atoms with Crippen molar-refractivity contribution in [2.45, 2.75) is 13.5 Å². The number of hydrogen-bond donors (Lipinski definition) is 1. The summed E-state index contributed by atoms with van der Waals surface area (Å²) in [6, 6.07) is 5.70. The highest BCUT2D eigenvalue weighted by molar-refractivity contribution is 9.10. The van der Waals surface area contributed by atoms with Crippen molar-refractivity contribution in [2.24, 2.45) is 0 Å². The van der Waals surface area contributed by atoms with E-state index in [1.54, 1.807) is 0 Å². The standard InChI is InChI=1S/C11H16BrNO2/c1-2-14-5-6-15-8-9-3-4-10(13)7-11(9)12/h3-4,7H,2,5-6,8,13H2,1H3. The lowest BCUT2D eigenvalue weighted by Gasteiger charge is -2.07. The Labute approximate surface area is 98.7 Å². The number of rotatable bonds is 6. The van der Waals surface area contributed by atoms with Gasteiger partial charge in [0.2, 0.25) is 0 Å². The second kappa shape index (κ2) is 6.82. The molecule has 0 unspecified atom stereocenters. The Morgan fingerprint density at radius 3 is 2.67 bits per heavy atom. The first-order valence-corrected chi connectivity index (χ1v) is 5.72. The van der Waals surface area contributed by atoms with Gasteiger partial charge in [0.1, 0.15) is 0 Å². The van der Waals surface area contributed by atoms with Crippen molar-refractivity contribution < 1.29 is 9.47 Å². The van der Waals surface area contributed by atoms with E-state index in [0.29, 0.717) is 19.8 Å². The van der Waals surface area contributed by atoms with Crippen LogP contribution in [-0.4, -0.2) is 19.8 Å². The summed E-state index contributed by atoms with van der Waals surface area (Å²) < 4.78 is 11.6. The van der Waals surface area contributed by atoms with Gasteiger partial charge in [-0.05, 0) is 24.6 Å².